The molecule has 0 atom stereocenters. The van der Waals surface area contributed by atoms with Crippen LogP contribution in [0.1, 0.15) is 11.5 Å². The molecule has 3 nitrogen and oxygen atoms in total. The fraction of sp³-hybridized carbons (Fsp3) is 0.200. The molecular formula is C10H9IN2O. The Balaban J connectivity index is 2.85. The van der Waals surface area contributed by atoms with Crippen molar-refractivity contribution >= 4 is 33.5 Å². The summed E-state index contributed by atoms with van der Waals surface area (Å²) >= 11 is 2.14. The van der Waals surface area contributed by atoms with Crippen molar-refractivity contribution in [2.45, 2.75) is 11.4 Å². The van der Waals surface area contributed by atoms with Crippen LogP contribution in [0.4, 0.5) is 0 Å². The second-order valence-electron chi connectivity index (χ2n) is 3.06. The molecule has 0 bridgehead atoms. The third-order valence-electron chi connectivity index (χ3n) is 2.20. The summed E-state index contributed by atoms with van der Waals surface area (Å²) in [6.45, 7) is 1.83. The largest absolute Gasteiger partial charge is 0.711 e. The van der Waals surface area contributed by atoms with E-state index < -0.39 is 0 Å². The summed E-state index contributed by atoms with van der Waals surface area (Å²) in [7, 11) is 0. The van der Waals surface area contributed by atoms with E-state index in [2.05, 4.69) is 27.6 Å². The lowest BCUT2D eigenvalue weighted by atomic mass is 10.2. The van der Waals surface area contributed by atoms with E-state index in [9.17, 15) is 5.21 Å². The Bertz CT molecular complexity index is 485. The number of hydrogen-bond donors (Lipinski definition) is 0. The molecule has 0 fully saturated rings. The SMILES string of the molecule is Cc1c2ccccc2nc(CI)[n+]1[O-]. The first-order valence-electron chi connectivity index (χ1n) is 4.28. The Morgan fingerprint density at radius 1 is 1.43 bits per heavy atom. The lowest BCUT2D eigenvalue weighted by molar-refractivity contribution is -0.621. The molecule has 2 aromatic rings. The molecule has 0 amide bonds. The van der Waals surface area contributed by atoms with Crippen LogP contribution in [0.2, 0.25) is 0 Å². The van der Waals surface area contributed by atoms with E-state index in [4.69, 9.17) is 0 Å². The van der Waals surface area contributed by atoms with Gasteiger partial charge in [-0.1, -0.05) is 34.7 Å². The van der Waals surface area contributed by atoms with E-state index in [-0.39, 0.29) is 0 Å². The number of nitrogens with zero attached hydrogens (tertiary/aromatic N) is 2. The molecule has 1 aromatic heterocycles. The van der Waals surface area contributed by atoms with Crippen LogP contribution < -0.4 is 4.73 Å². The normalized spacial score (nSPS) is 10.7. The minimum Gasteiger partial charge on any atom is -0.711 e. The van der Waals surface area contributed by atoms with Crippen molar-refractivity contribution in [3.8, 4) is 0 Å². The predicted octanol–water partition coefficient (Wildman–Crippen LogP) is 2.11. The fourth-order valence-electron chi connectivity index (χ4n) is 1.45. The van der Waals surface area contributed by atoms with Crippen LogP contribution in [0.3, 0.4) is 0 Å². The van der Waals surface area contributed by atoms with Gasteiger partial charge in [-0.2, -0.15) is 0 Å². The Morgan fingerprint density at radius 3 is 2.86 bits per heavy atom. The van der Waals surface area contributed by atoms with E-state index in [1.54, 1.807) is 0 Å². The molecule has 72 valence electrons. The van der Waals surface area contributed by atoms with Crippen LogP contribution in [0.15, 0.2) is 24.3 Å². The van der Waals surface area contributed by atoms with Gasteiger partial charge in [-0.15, -0.1) is 0 Å². The monoisotopic (exact) mass is 300 g/mol. The van der Waals surface area contributed by atoms with E-state index in [1.807, 2.05) is 31.2 Å². The Labute approximate surface area is 95.5 Å². The molecule has 0 aliphatic rings. The van der Waals surface area contributed by atoms with Crippen LogP contribution >= 0.6 is 22.6 Å². The number of aromatic nitrogens is 2. The molecule has 2 rings (SSSR count). The standard InChI is InChI=1S/C10H9IN2O/c1-7-8-4-2-3-5-9(8)12-10(6-11)13(7)14/h2-5H,6H2,1H3. The van der Waals surface area contributed by atoms with Gasteiger partial charge in [-0.3, -0.25) is 0 Å². The number of para-hydroxylation sites is 1. The van der Waals surface area contributed by atoms with Crippen molar-refractivity contribution in [1.82, 2.24) is 4.98 Å². The number of benzene rings is 1. The lowest BCUT2D eigenvalue weighted by Gasteiger charge is -2.09. The highest BCUT2D eigenvalue weighted by molar-refractivity contribution is 14.1. The molecule has 0 spiro atoms. The lowest BCUT2D eigenvalue weighted by Crippen LogP contribution is -2.36. The van der Waals surface area contributed by atoms with Gasteiger partial charge in [-0.05, 0) is 24.0 Å². The van der Waals surface area contributed by atoms with Crippen LogP contribution in [-0.4, -0.2) is 4.98 Å². The second-order valence-corrected chi connectivity index (χ2v) is 3.82. The van der Waals surface area contributed by atoms with Gasteiger partial charge >= 0.3 is 5.82 Å². The van der Waals surface area contributed by atoms with Crippen LogP contribution in [0.25, 0.3) is 10.9 Å². The highest BCUT2D eigenvalue weighted by atomic mass is 127. The molecule has 1 heterocycles. The summed E-state index contributed by atoms with van der Waals surface area (Å²) in [4.78, 5) is 4.30. The van der Waals surface area contributed by atoms with Gasteiger partial charge in [0.05, 0.1) is 5.39 Å². The first kappa shape index (κ1) is 9.64. The zero-order chi connectivity index (χ0) is 10.1. The first-order valence-corrected chi connectivity index (χ1v) is 5.80. The average Bonchev–Trinajstić information content (AvgIpc) is 2.23. The zero-order valence-corrected chi connectivity index (χ0v) is 9.85. The summed E-state index contributed by atoms with van der Waals surface area (Å²) < 4.78 is 1.54. The number of halogens is 1. The minimum absolute atomic E-state index is 0.571. The maximum atomic E-state index is 11.7. The van der Waals surface area contributed by atoms with E-state index in [0.717, 1.165) is 21.3 Å². The van der Waals surface area contributed by atoms with Crippen LogP contribution in [0.5, 0.6) is 0 Å². The van der Waals surface area contributed by atoms with Gasteiger partial charge in [0.1, 0.15) is 10.1 Å². The molecule has 1 aromatic carbocycles. The average molecular weight is 300 g/mol. The number of alkyl halides is 1. The first-order chi connectivity index (χ1) is 6.74. The van der Waals surface area contributed by atoms with Crippen molar-refractivity contribution in [2.24, 2.45) is 0 Å². The van der Waals surface area contributed by atoms with E-state index in [1.165, 1.54) is 0 Å². The molecule has 0 unspecified atom stereocenters. The zero-order valence-electron chi connectivity index (χ0n) is 7.70. The Hall–Kier alpha value is -0.910. The molecule has 0 aliphatic heterocycles. The maximum Gasteiger partial charge on any atom is 0.312 e. The van der Waals surface area contributed by atoms with Gasteiger partial charge in [-0.25, -0.2) is 4.73 Å². The van der Waals surface area contributed by atoms with Gasteiger partial charge in [0.15, 0.2) is 5.52 Å². The van der Waals surface area contributed by atoms with E-state index in [0.29, 0.717) is 10.3 Å². The van der Waals surface area contributed by atoms with Crippen molar-refractivity contribution < 1.29 is 4.73 Å². The second kappa shape index (κ2) is 3.68. The number of rotatable bonds is 1. The van der Waals surface area contributed by atoms with Gasteiger partial charge in [0.2, 0.25) is 0 Å². The van der Waals surface area contributed by atoms with Crippen LogP contribution in [-0.2, 0) is 4.43 Å². The summed E-state index contributed by atoms with van der Waals surface area (Å²) in [6, 6.07) is 7.70. The molecular weight excluding hydrogens is 291 g/mol. The smallest absolute Gasteiger partial charge is 0.312 e. The fourth-order valence-corrected chi connectivity index (χ4v) is 1.93. The van der Waals surface area contributed by atoms with Crippen molar-refractivity contribution in [2.75, 3.05) is 0 Å². The van der Waals surface area contributed by atoms with Crippen LogP contribution in [0, 0.1) is 12.1 Å². The molecule has 4 heteroatoms. The molecule has 0 aliphatic carbocycles. The van der Waals surface area contributed by atoms with Crippen molar-refractivity contribution in [1.29, 1.82) is 0 Å². The van der Waals surface area contributed by atoms with Gasteiger partial charge in [0.25, 0.3) is 0 Å². The quantitative estimate of drug-likeness (QED) is 0.350. The highest BCUT2D eigenvalue weighted by Crippen LogP contribution is 2.14. The molecule has 0 saturated carbocycles. The van der Waals surface area contributed by atoms with Crippen molar-refractivity contribution in [3.63, 3.8) is 0 Å². The highest BCUT2D eigenvalue weighted by Gasteiger charge is 2.12. The number of hydrogen-bond acceptors (Lipinski definition) is 2. The topological polar surface area (TPSA) is 39.8 Å². The minimum atomic E-state index is 0.571. The third-order valence-corrected chi connectivity index (χ3v) is 2.88. The molecule has 0 radical (unpaired) electrons. The maximum absolute atomic E-state index is 11.7. The molecule has 0 saturated heterocycles. The summed E-state index contributed by atoms with van der Waals surface area (Å²) in [6.07, 6.45) is 0. The summed E-state index contributed by atoms with van der Waals surface area (Å²) in [5.41, 5.74) is 1.62. The Kier molecular flexibility index (Phi) is 2.54. The molecule has 14 heavy (non-hydrogen) atoms. The number of fused-ring (bicyclic) bond motifs is 1. The summed E-state index contributed by atoms with van der Waals surface area (Å²) in [5.74, 6) is 0.571. The predicted molar refractivity (Wildman–Crippen MR) is 63.2 cm³/mol. The molecule has 0 N–H and O–H groups in total. The third kappa shape index (κ3) is 1.43. The van der Waals surface area contributed by atoms with Crippen molar-refractivity contribution in [3.05, 3.63) is 41.0 Å². The van der Waals surface area contributed by atoms with Gasteiger partial charge in [0, 0.05) is 0 Å². The Morgan fingerprint density at radius 2 is 2.14 bits per heavy atom. The summed E-state index contributed by atoms with van der Waals surface area (Å²) in [5, 5.41) is 12.6. The number of aryl methyl sites for hydroxylation is 1. The van der Waals surface area contributed by atoms with Gasteiger partial charge < -0.3 is 5.21 Å². The van der Waals surface area contributed by atoms with E-state index >= 15 is 0 Å².